The van der Waals surface area contributed by atoms with Crippen LogP contribution in [0.4, 0.5) is 15.6 Å². The van der Waals surface area contributed by atoms with E-state index < -0.39 is 0 Å². The highest BCUT2D eigenvalue weighted by molar-refractivity contribution is 7.19. The number of aryl methyl sites for hydroxylation is 1. The Morgan fingerprint density at radius 2 is 1.95 bits per heavy atom. The Labute approximate surface area is 222 Å². The number of amides is 3. The number of aromatic nitrogens is 4. The van der Waals surface area contributed by atoms with Crippen LogP contribution in [0.1, 0.15) is 31.0 Å². The van der Waals surface area contributed by atoms with E-state index in [0.29, 0.717) is 21.5 Å². The smallest absolute Gasteiger partial charge is 0.321 e. The van der Waals surface area contributed by atoms with Gasteiger partial charge in [0.15, 0.2) is 5.13 Å². The fourth-order valence-corrected chi connectivity index (χ4v) is 6.24. The van der Waals surface area contributed by atoms with E-state index in [1.807, 2.05) is 33.8 Å². The number of hydrogen-bond donors (Lipinski definition) is 2. The minimum absolute atomic E-state index is 0.114. The van der Waals surface area contributed by atoms with Crippen LogP contribution in [0, 0.1) is 0 Å². The Hall–Kier alpha value is -3.76. The first-order valence-corrected chi connectivity index (χ1v) is 13.3. The van der Waals surface area contributed by atoms with Gasteiger partial charge in [-0.2, -0.15) is 5.10 Å². The molecule has 4 aromatic rings. The number of carbonyl (C=O) groups is 2. The Morgan fingerprint density at radius 1 is 1.11 bits per heavy atom. The van der Waals surface area contributed by atoms with E-state index in [1.165, 1.54) is 18.3 Å². The predicted octanol–water partition coefficient (Wildman–Crippen LogP) is 5.40. The van der Waals surface area contributed by atoms with Gasteiger partial charge in [-0.1, -0.05) is 22.9 Å². The van der Waals surface area contributed by atoms with Crippen LogP contribution < -0.4 is 10.6 Å². The molecule has 4 heterocycles. The molecule has 11 heteroatoms. The van der Waals surface area contributed by atoms with Crippen LogP contribution in [0.5, 0.6) is 0 Å². The molecule has 6 rings (SSSR count). The second-order valence-corrected chi connectivity index (χ2v) is 10.5. The Morgan fingerprint density at radius 3 is 2.68 bits per heavy atom. The molecule has 0 saturated carbocycles. The summed E-state index contributed by atoms with van der Waals surface area (Å²) >= 11 is 8.23. The van der Waals surface area contributed by atoms with Gasteiger partial charge in [-0.15, -0.1) is 0 Å². The quantitative estimate of drug-likeness (QED) is 0.365. The number of likely N-dealkylation sites (tertiary alicyclic amines) is 1. The van der Waals surface area contributed by atoms with Crippen LogP contribution in [-0.2, 0) is 17.6 Å². The van der Waals surface area contributed by atoms with Crippen molar-refractivity contribution < 1.29 is 9.59 Å². The molecule has 9 nitrogen and oxygen atoms in total. The number of urea groups is 1. The summed E-state index contributed by atoms with van der Waals surface area (Å²) in [7, 11) is 0. The van der Waals surface area contributed by atoms with E-state index in [2.05, 4.69) is 20.6 Å². The number of nitrogens with zero attached hydrogens (tertiary/aromatic N) is 5. The fourth-order valence-electron chi connectivity index (χ4n) is 4.86. The maximum atomic E-state index is 12.6. The van der Waals surface area contributed by atoms with Crippen molar-refractivity contribution in [2.75, 3.05) is 23.7 Å². The van der Waals surface area contributed by atoms with Gasteiger partial charge in [-0.25, -0.2) is 14.5 Å². The Bertz CT molecular complexity index is 1510. The highest BCUT2D eigenvalue weighted by atomic mass is 35.5. The highest BCUT2D eigenvalue weighted by Gasteiger charge is 2.30. The zero-order valence-corrected chi connectivity index (χ0v) is 21.7. The number of benzene rings is 1. The maximum absolute atomic E-state index is 12.6. The average Bonchev–Trinajstić information content (AvgIpc) is 3.62. The van der Waals surface area contributed by atoms with Gasteiger partial charge in [0, 0.05) is 49.2 Å². The minimum atomic E-state index is -0.162. The molecule has 3 aromatic heterocycles. The van der Waals surface area contributed by atoms with Crippen molar-refractivity contribution in [3.05, 3.63) is 59.0 Å². The van der Waals surface area contributed by atoms with E-state index in [9.17, 15) is 9.59 Å². The highest BCUT2D eigenvalue weighted by Crippen LogP contribution is 2.44. The molecule has 1 aromatic carbocycles. The predicted molar refractivity (Wildman–Crippen MR) is 144 cm³/mol. The lowest BCUT2D eigenvalue weighted by atomic mass is 9.95. The number of thiazole rings is 1. The van der Waals surface area contributed by atoms with E-state index >= 15 is 0 Å². The largest absolute Gasteiger partial charge is 0.325 e. The summed E-state index contributed by atoms with van der Waals surface area (Å²) < 4.78 is 1.85. The van der Waals surface area contributed by atoms with Crippen molar-refractivity contribution in [2.45, 2.75) is 32.6 Å². The second kappa shape index (κ2) is 9.60. The summed E-state index contributed by atoms with van der Waals surface area (Å²) in [5.74, 6) is -0.162. The molecule has 1 aliphatic carbocycles. The third kappa shape index (κ3) is 4.47. The van der Waals surface area contributed by atoms with Gasteiger partial charge in [0.1, 0.15) is 0 Å². The van der Waals surface area contributed by atoms with Crippen LogP contribution in [0.2, 0.25) is 5.02 Å². The van der Waals surface area contributed by atoms with Gasteiger partial charge in [0.2, 0.25) is 5.91 Å². The first-order valence-electron chi connectivity index (χ1n) is 12.1. The van der Waals surface area contributed by atoms with Crippen molar-refractivity contribution in [2.24, 2.45) is 0 Å². The molecule has 0 unspecified atom stereocenters. The van der Waals surface area contributed by atoms with Gasteiger partial charge in [0.25, 0.3) is 0 Å². The van der Waals surface area contributed by atoms with E-state index in [1.54, 1.807) is 18.5 Å². The zero-order valence-electron chi connectivity index (χ0n) is 20.1. The maximum Gasteiger partial charge on any atom is 0.321 e. The number of anilines is 2. The molecule has 0 spiro atoms. The molecule has 1 fully saturated rings. The summed E-state index contributed by atoms with van der Waals surface area (Å²) in [6.07, 6.45) is 7.08. The van der Waals surface area contributed by atoms with Crippen LogP contribution >= 0.6 is 22.9 Å². The molecular formula is C26H24ClN7O2S. The third-order valence-electron chi connectivity index (χ3n) is 6.55. The van der Waals surface area contributed by atoms with Gasteiger partial charge in [-0.05, 0) is 56.0 Å². The Kier molecular flexibility index (Phi) is 6.13. The monoisotopic (exact) mass is 533 g/mol. The number of fused-ring (bicyclic) bond motifs is 3. The molecule has 1 saturated heterocycles. The van der Waals surface area contributed by atoms with Crippen LogP contribution in [0.3, 0.4) is 0 Å². The molecule has 2 N–H and O–H groups in total. The molecule has 37 heavy (non-hydrogen) atoms. The van der Waals surface area contributed by atoms with Crippen LogP contribution in [0.25, 0.3) is 27.5 Å². The lowest BCUT2D eigenvalue weighted by molar-refractivity contribution is -0.114. The summed E-state index contributed by atoms with van der Waals surface area (Å²) in [6, 6.07) is 9.22. The van der Waals surface area contributed by atoms with Crippen LogP contribution in [-0.4, -0.2) is 49.7 Å². The molecule has 1 aliphatic heterocycles. The van der Waals surface area contributed by atoms with Gasteiger partial charge in [0.05, 0.1) is 32.7 Å². The number of pyridine rings is 1. The standard InChI is InChI=1S/C26H24ClN7O2S/c1-15(35)29-25-31-20-8-7-18-22(16-5-4-10-28-14-16)32-34(23(18)24(20)37-25)21-9-6-17(13-19(21)27)30-26(36)33-11-2-3-12-33/h4-6,9-10,13-14H,2-3,7-8,11-12H2,1H3,(H,30,36)(H,29,31,35). The summed E-state index contributed by atoms with van der Waals surface area (Å²) in [5.41, 5.74) is 5.99. The number of carbonyl (C=O) groups excluding carboxylic acids is 2. The van der Waals surface area contributed by atoms with E-state index in [4.69, 9.17) is 16.7 Å². The lowest BCUT2D eigenvalue weighted by Gasteiger charge is -2.17. The van der Waals surface area contributed by atoms with Crippen molar-refractivity contribution in [1.82, 2.24) is 24.6 Å². The van der Waals surface area contributed by atoms with Crippen molar-refractivity contribution in [1.29, 1.82) is 0 Å². The lowest BCUT2D eigenvalue weighted by Crippen LogP contribution is -2.32. The van der Waals surface area contributed by atoms with E-state index in [-0.39, 0.29) is 11.9 Å². The Balaban J connectivity index is 1.43. The van der Waals surface area contributed by atoms with Crippen molar-refractivity contribution >= 4 is 45.7 Å². The molecule has 2 aliphatic rings. The topological polar surface area (TPSA) is 105 Å². The average molecular weight is 534 g/mol. The van der Waals surface area contributed by atoms with Crippen molar-refractivity contribution in [3.63, 3.8) is 0 Å². The first-order chi connectivity index (χ1) is 18.0. The third-order valence-corrected chi connectivity index (χ3v) is 7.87. The summed E-state index contributed by atoms with van der Waals surface area (Å²) in [4.78, 5) is 35.9. The number of halogens is 1. The minimum Gasteiger partial charge on any atom is -0.325 e. The normalized spacial score (nSPS) is 14.3. The number of nitrogens with one attached hydrogen (secondary N) is 2. The van der Waals surface area contributed by atoms with E-state index in [0.717, 1.165) is 71.9 Å². The second-order valence-electron chi connectivity index (χ2n) is 9.10. The van der Waals surface area contributed by atoms with Gasteiger partial charge < -0.3 is 15.5 Å². The molecule has 188 valence electrons. The molecule has 3 amide bonds. The molecule has 0 atom stereocenters. The molecule has 0 radical (unpaired) electrons. The molecule has 0 bridgehead atoms. The summed E-state index contributed by atoms with van der Waals surface area (Å²) in [6.45, 7) is 3.01. The fraction of sp³-hybridized carbons (Fsp3) is 0.269. The molecular weight excluding hydrogens is 510 g/mol. The number of hydrogen-bond acceptors (Lipinski definition) is 6. The van der Waals surface area contributed by atoms with Crippen molar-refractivity contribution in [3.8, 4) is 27.5 Å². The van der Waals surface area contributed by atoms with Gasteiger partial charge in [-0.3, -0.25) is 9.78 Å². The van der Waals surface area contributed by atoms with Crippen LogP contribution in [0.15, 0.2) is 42.7 Å². The zero-order chi connectivity index (χ0) is 25.5. The number of rotatable bonds is 4. The first kappa shape index (κ1) is 23.6. The summed E-state index contributed by atoms with van der Waals surface area (Å²) in [5, 5.41) is 11.8. The van der Waals surface area contributed by atoms with Gasteiger partial charge >= 0.3 is 6.03 Å². The SMILES string of the molecule is CC(=O)Nc1nc2c(s1)-c1c(c(-c3cccnc3)nn1-c1ccc(NC(=O)N3CCCC3)cc1Cl)CC2.